The number of halogens is 1. The maximum atomic E-state index is 12.6. The number of Topliss-reactive ketones (excluding diaryl/α,β-unsaturated/α-hetero) is 1. The third-order valence-electron chi connectivity index (χ3n) is 4.68. The molecule has 3 nitrogen and oxygen atoms in total. The van der Waals surface area contributed by atoms with Crippen LogP contribution in [0.15, 0.2) is 96.0 Å². The Kier molecular flexibility index (Phi) is 5.03. The quantitative estimate of drug-likeness (QED) is 0.600. The lowest BCUT2D eigenvalue weighted by molar-refractivity contribution is -0.682. The van der Waals surface area contributed by atoms with E-state index in [1.54, 1.807) is 0 Å². The maximum absolute atomic E-state index is 12.6. The zero-order valence-electron chi connectivity index (χ0n) is 14.9. The van der Waals surface area contributed by atoms with Gasteiger partial charge in [0.25, 0.3) is 0 Å². The van der Waals surface area contributed by atoms with E-state index in [-0.39, 0.29) is 5.78 Å². The van der Waals surface area contributed by atoms with Crippen LogP contribution in [0.2, 0.25) is 0 Å². The summed E-state index contributed by atoms with van der Waals surface area (Å²) in [5.74, 6) is 0.0825. The smallest absolute Gasteiger partial charge is 0.227 e. The Balaban J connectivity index is 1.52. The van der Waals surface area contributed by atoms with Crippen LogP contribution in [0.3, 0.4) is 0 Å². The zero-order chi connectivity index (χ0) is 18.6. The van der Waals surface area contributed by atoms with E-state index in [1.807, 2.05) is 47.3 Å². The highest BCUT2D eigenvalue weighted by atomic mass is 35.5. The van der Waals surface area contributed by atoms with E-state index in [9.17, 15) is 4.79 Å². The number of hydrogen-bond acceptors (Lipinski definition) is 1. The van der Waals surface area contributed by atoms with Crippen LogP contribution in [-0.2, 0) is 17.9 Å². The predicted molar refractivity (Wildman–Crippen MR) is 108 cm³/mol. The average Bonchev–Trinajstić information content (AvgIpc) is 2.93. The molecule has 0 fully saturated rings. The number of benzene rings is 1. The highest BCUT2D eigenvalue weighted by molar-refractivity contribution is 6.29. The number of allylic oxidation sites excluding steroid dienone is 6. The summed E-state index contributed by atoms with van der Waals surface area (Å²) in [6.07, 6.45) is 14.1. The summed E-state index contributed by atoms with van der Waals surface area (Å²) in [5, 5.41) is 1.86. The van der Waals surface area contributed by atoms with Crippen molar-refractivity contribution >= 4 is 28.3 Å². The number of fused-ring (bicyclic) bond motifs is 1. The Bertz CT molecular complexity index is 1070. The van der Waals surface area contributed by atoms with Crippen molar-refractivity contribution in [2.45, 2.75) is 19.5 Å². The molecule has 4 rings (SSSR count). The maximum Gasteiger partial charge on any atom is 0.227 e. The summed E-state index contributed by atoms with van der Waals surface area (Å²) in [6, 6.07) is 14.6. The molecule has 1 aliphatic rings. The van der Waals surface area contributed by atoms with Gasteiger partial charge < -0.3 is 4.57 Å². The van der Waals surface area contributed by atoms with Gasteiger partial charge in [-0.15, -0.1) is 0 Å². The largest absolute Gasteiger partial charge is 0.343 e. The van der Waals surface area contributed by atoms with Gasteiger partial charge in [-0.05, 0) is 17.7 Å². The number of aromatic nitrogens is 2. The van der Waals surface area contributed by atoms with Gasteiger partial charge in [0.15, 0.2) is 12.4 Å². The van der Waals surface area contributed by atoms with Crippen molar-refractivity contribution in [1.82, 2.24) is 4.57 Å². The van der Waals surface area contributed by atoms with Gasteiger partial charge in [-0.1, -0.05) is 60.2 Å². The van der Waals surface area contributed by atoms with Crippen LogP contribution >= 0.6 is 11.6 Å². The Morgan fingerprint density at radius 2 is 2.00 bits per heavy atom. The molecule has 134 valence electrons. The number of hydrogen-bond donors (Lipinski definition) is 0. The van der Waals surface area contributed by atoms with Crippen molar-refractivity contribution in [3.05, 3.63) is 102 Å². The second kappa shape index (κ2) is 7.77. The summed E-state index contributed by atoms with van der Waals surface area (Å²) in [5.41, 5.74) is 3.13. The second-order valence-corrected chi connectivity index (χ2v) is 7.13. The molecule has 0 aliphatic heterocycles. The Morgan fingerprint density at radius 3 is 2.85 bits per heavy atom. The fourth-order valence-electron chi connectivity index (χ4n) is 3.27. The molecule has 2 heterocycles. The monoisotopic (exact) mass is 375 g/mol. The minimum absolute atomic E-state index is 0.0825. The fourth-order valence-corrected chi connectivity index (χ4v) is 3.42. The van der Waals surface area contributed by atoms with Gasteiger partial charge >= 0.3 is 0 Å². The van der Waals surface area contributed by atoms with Gasteiger partial charge in [0.05, 0.1) is 10.9 Å². The van der Waals surface area contributed by atoms with Crippen LogP contribution in [-0.4, -0.2) is 10.4 Å². The Labute approximate surface area is 163 Å². The van der Waals surface area contributed by atoms with Gasteiger partial charge in [0, 0.05) is 35.8 Å². The molecule has 0 radical (unpaired) electrons. The van der Waals surface area contributed by atoms with Crippen molar-refractivity contribution in [2.75, 3.05) is 0 Å². The topological polar surface area (TPSA) is 25.9 Å². The first-order chi connectivity index (χ1) is 13.2. The summed E-state index contributed by atoms with van der Waals surface area (Å²) in [4.78, 5) is 12.6. The lowest BCUT2D eigenvalue weighted by Crippen LogP contribution is -2.37. The van der Waals surface area contributed by atoms with Crippen molar-refractivity contribution in [3.63, 3.8) is 0 Å². The van der Waals surface area contributed by atoms with Crippen LogP contribution in [0.4, 0.5) is 0 Å². The van der Waals surface area contributed by atoms with Crippen molar-refractivity contribution in [1.29, 1.82) is 0 Å². The highest BCUT2D eigenvalue weighted by Crippen LogP contribution is 2.17. The molecule has 0 unspecified atom stereocenters. The van der Waals surface area contributed by atoms with E-state index in [1.165, 1.54) is 5.56 Å². The molecule has 0 amide bonds. The molecule has 0 atom stereocenters. The van der Waals surface area contributed by atoms with E-state index in [4.69, 9.17) is 11.6 Å². The molecule has 1 aliphatic carbocycles. The van der Waals surface area contributed by atoms with Crippen LogP contribution in [0.25, 0.3) is 10.9 Å². The molecule has 0 saturated carbocycles. The summed E-state index contributed by atoms with van der Waals surface area (Å²) >= 11 is 6.02. The summed E-state index contributed by atoms with van der Waals surface area (Å²) < 4.78 is 4.16. The standard InChI is InChI=1S/C23H20ClN2O/c24-21-8-4-7-19(9-10-21)23(27)17-25-13-12-22-20(16-25)11-14-26(22)15-18-5-2-1-3-6-18/h1-9,11-14,16H,10,15,17H2/q+1. The fraction of sp³-hybridized carbons (Fsp3) is 0.130. The first-order valence-corrected chi connectivity index (χ1v) is 9.35. The Hall–Kier alpha value is -2.91. The molecule has 2 aromatic heterocycles. The van der Waals surface area contributed by atoms with Crippen molar-refractivity contribution in [2.24, 2.45) is 0 Å². The Morgan fingerprint density at radius 1 is 1.15 bits per heavy atom. The second-order valence-electron chi connectivity index (χ2n) is 6.65. The molecule has 3 aromatic rings. The molecule has 0 bridgehead atoms. The third kappa shape index (κ3) is 4.09. The van der Waals surface area contributed by atoms with E-state index in [0.717, 1.165) is 22.5 Å². The number of carbonyl (C=O) groups is 1. The van der Waals surface area contributed by atoms with Crippen molar-refractivity contribution in [3.8, 4) is 0 Å². The normalized spacial score (nSPS) is 14.0. The molecule has 1 aromatic carbocycles. The summed E-state index contributed by atoms with van der Waals surface area (Å²) in [6.45, 7) is 1.15. The van der Waals surface area contributed by atoms with Gasteiger partial charge in [0.2, 0.25) is 12.3 Å². The lowest BCUT2D eigenvalue weighted by Gasteiger charge is -2.05. The number of pyridine rings is 1. The van der Waals surface area contributed by atoms with E-state index < -0.39 is 0 Å². The molecular weight excluding hydrogens is 356 g/mol. The molecule has 4 heteroatoms. The molecule has 0 spiro atoms. The number of carbonyl (C=O) groups excluding carboxylic acids is 1. The van der Waals surface area contributed by atoms with E-state index >= 15 is 0 Å². The average molecular weight is 376 g/mol. The minimum atomic E-state index is 0.0825. The van der Waals surface area contributed by atoms with Crippen LogP contribution in [0.1, 0.15) is 12.0 Å². The van der Waals surface area contributed by atoms with Crippen LogP contribution < -0.4 is 4.57 Å². The van der Waals surface area contributed by atoms with E-state index in [0.29, 0.717) is 18.5 Å². The van der Waals surface area contributed by atoms with Gasteiger partial charge in [-0.25, -0.2) is 0 Å². The zero-order valence-corrected chi connectivity index (χ0v) is 15.6. The van der Waals surface area contributed by atoms with Crippen LogP contribution in [0.5, 0.6) is 0 Å². The highest BCUT2D eigenvalue weighted by Gasteiger charge is 2.15. The lowest BCUT2D eigenvalue weighted by atomic mass is 10.1. The van der Waals surface area contributed by atoms with E-state index in [2.05, 4.69) is 47.2 Å². The molecular formula is C23H20ClN2O+. The first kappa shape index (κ1) is 17.5. The van der Waals surface area contributed by atoms with Gasteiger partial charge in [0.1, 0.15) is 0 Å². The number of ketones is 1. The number of nitrogens with zero attached hydrogens (tertiary/aromatic N) is 2. The third-order valence-corrected chi connectivity index (χ3v) is 4.96. The molecule has 27 heavy (non-hydrogen) atoms. The molecule has 0 N–H and O–H groups in total. The van der Waals surface area contributed by atoms with Crippen molar-refractivity contribution < 1.29 is 9.36 Å². The van der Waals surface area contributed by atoms with Crippen LogP contribution in [0, 0.1) is 0 Å². The van der Waals surface area contributed by atoms with Gasteiger partial charge in [-0.3, -0.25) is 4.79 Å². The first-order valence-electron chi connectivity index (χ1n) is 8.97. The summed E-state index contributed by atoms with van der Waals surface area (Å²) in [7, 11) is 0. The van der Waals surface area contributed by atoms with Gasteiger partial charge in [-0.2, -0.15) is 4.57 Å². The minimum Gasteiger partial charge on any atom is -0.343 e. The molecule has 0 saturated heterocycles. The number of rotatable bonds is 5. The predicted octanol–water partition coefficient (Wildman–Crippen LogP) is 4.56. The SMILES string of the molecule is O=C(C[n+]1ccc2c(ccn2Cc2ccccc2)c1)C1=CCC(Cl)=CC=C1.